The van der Waals surface area contributed by atoms with Gasteiger partial charge in [-0.2, -0.15) is 0 Å². The van der Waals surface area contributed by atoms with Gasteiger partial charge < -0.3 is 14.9 Å². The maximum Gasteiger partial charge on any atom is 0.308 e. The summed E-state index contributed by atoms with van der Waals surface area (Å²) in [6.07, 6.45) is 0. The van der Waals surface area contributed by atoms with Gasteiger partial charge in [0.1, 0.15) is 0 Å². The van der Waals surface area contributed by atoms with Crippen LogP contribution >= 0.6 is 0 Å². The molecule has 1 aliphatic rings. The Kier molecular flexibility index (Phi) is 3.89. The number of carboxylic acid groups (broad SMARTS) is 1. The Morgan fingerprint density at radius 2 is 2.14 bits per heavy atom. The van der Waals surface area contributed by atoms with Crippen LogP contribution in [-0.4, -0.2) is 61.2 Å². The molecule has 82 valence electrons. The molecular weight excluding hydrogens is 180 g/mol. The standard InChI is InChI=1S/C10H20N2O2/c1-8-6-12(5-4-11(2)3)7-9(8)10(13)14/h8-9H,4-7H2,1-3H3,(H,13,14). The van der Waals surface area contributed by atoms with Gasteiger partial charge in [-0.05, 0) is 20.0 Å². The summed E-state index contributed by atoms with van der Waals surface area (Å²) in [6.45, 7) is 5.63. The minimum atomic E-state index is -0.648. The van der Waals surface area contributed by atoms with E-state index in [0.717, 1.165) is 19.6 Å². The molecule has 2 atom stereocenters. The van der Waals surface area contributed by atoms with Gasteiger partial charge in [0.05, 0.1) is 5.92 Å². The number of hydrogen-bond acceptors (Lipinski definition) is 3. The van der Waals surface area contributed by atoms with Gasteiger partial charge >= 0.3 is 5.97 Å². The Hall–Kier alpha value is -0.610. The first kappa shape index (κ1) is 11.5. The van der Waals surface area contributed by atoms with Gasteiger partial charge in [0.15, 0.2) is 0 Å². The van der Waals surface area contributed by atoms with Crippen molar-refractivity contribution in [1.82, 2.24) is 9.80 Å². The van der Waals surface area contributed by atoms with Crippen molar-refractivity contribution in [2.75, 3.05) is 40.3 Å². The van der Waals surface area contributed by atoms with Crippen molar-refractivity contribution in [3.63, 3.8) is 0 Å². The Bertz CT molecular complexity index is 206. The highest BCUT2D eigenvalue weighted by Gasteiger charge is 2.34. The molecule has 0 saturated carbocycles. The van der Waals surface area contributed by atoms with E-state index in [9.17, 15) is 4.79 Å². The molecule has 0 aromatic heterocycles. The molecule has 1 heterocycles. The molecule has 0 bridgehead atoms. The van der Waals surface area contributed by atoms with Crippen molar-refractivity contribution in [2.45, 2.75) is 6.92 Å². The van der Waals surface area contributed by atoms with E-state index >= 15 is 0 Å². The lowest BCUT2D eigenvalue weighted by Gasteiger charge is -2.18. The fourth-order valence-electron chi connectivity index (χ4n) is 1.91. The van der Waals surface area contributed by atoms with Crippen molar-refractivity contribution in [3.8, 4) is 0 Å². The molecule has 0 aliphatic carbocycles. The maximum absolute atomic E-state index is 10.9. The highest BCUT2D eigenvalue weighted by molar-refractivity contribution is 5.71. The van der Waals surface area contributed by atoms with Gasteiger partial charge in [-0.3, -0.25) is 4.79 Å². The van der Waals surface area contributed by atoms with Crippen molar-refractivity contribution in [1.29, 1.82) is 0 Å². The van der Waals surface area contributed by atoms with E-state index in [0.29, 0.717) is 6.54 Å². The SMILES string of the molecule is CC1CN(CCN(C)C)CC1C(=O)O. The fourth-order valence-corrected chi connectivity index (χ4v) is 1.91. The highest BCUT2D eigenvalue weighted by atomic mass is 16.4. The van der Waals surface area contributed by atoms with Crippen LogP contribution in [0.15, 0.2) is 0 Å². The van der Waals surface area contributed by atoms with Crippen LogP contribution < -0.4 is 0 Å². The highest BCUT2D eigenvalue weighted by Crippen LogP contribution is 2.22. The first-order valence-corrected chi connectivity index (χ1v) is 5.10. The normalized spacial score (nSPS) is 28.6. The first-order chi connectivity index (χ1) is 6.50. The molecule has 1 N–H and O–H groups in total. The summed E-state index contributed by atoms with van der Waals surface area (Å²) in [5.74, 6) is -0.531. The van der Waals surface area contributed by atoms with Crippen molar-refractivity contribution < 1.29 is 9.90 Å². The summed E-state index contributed by atoms with van der Waals surface area (Å²) in [5.41, 5.74) is 0. The van der Waals surface area contributed by atoms with E-state index in [1.165, 1.54) is 0 Å². The van der Waals surface area contributed by atoms with Crippen LogP contribution in [0.2, 0.25) is 0 Å². The number of likely N-dealkylation sites (tertiary alicyclic amines) is 1. The molecule has 0 radical (unpaired) electrons. The first-order valence-electron chi connectivity index (χ1n) is 5.10. The summed E-state index contributed by atoms with van der Waals surface area (Å²) >= 11 is 0. The Morgan fingerprint density at radius 1 is 1.50 bits per heavy atom. The second-order valence-corrected chi connectivity index (χ2v) is 4.48. The van der Waals surface area contributed by atoms with Crippen LogP contribution in [0, 0.1) is 11.8 Å². The summed E-state index contributed by atoms with van der Waals surface area (Å²) < 4.78 is 0. The van der Waals surface area contributed by atoms with Gasteiger partial charge in [-0.1, -0.05) is 6.92 Å². The predicted octanol–water partition coefficient (Wildman–Crippen LogP) is 0.201. The predicted molar refractivity (Wildman–Crippen MR) is 55.3 cm³/mol. The van der Waals surface area contributed by atoms with Gasteiger partial charge in [0.25, 0.3) is 0 Å². The summed E-state index contributed by atoms with van der Waals surface area (Å²) in [4.78, 5) is 15.2. The van der Waals surface area contributed by atoms with E-state index in [4.69, 9.17) is 5.11 Å². The molecule has 4 nitrogen and oxygen atoms in total. The van der Waals surface area contributed by atoms with Crippen molar-refractivity contribution in [2.24, 2.45) is 11.8 Å². The number of rotatable bonds is 4. The number of carboxylic acids is 1. The minimum absolute atomic E-state index is 0.169. The smallest absolute Gasteiger partial charge is 0.308 e. The third-order valence-electron chi connectivity index (χ3n) is 2.87. The Labute approximate surface area is 85.5 Å². The fraction of sp³-hybridized carbons (Fsp3) is 0.900. The van der Waals surface area contributed by atoms with Crippen LogP contribution in [0.1, 0.15) is 6.92 Å². The molecule has 0 amide bonds. The second-order valence-electron chi connectivity index (χ2n) is 4.48. The molecule has 1 rings (SSSR count). The summed E-state index contributed by atoms with van der Waals surface area (Å²) in [6, 6.07) is 0. The third kappa shape index (κ3) is 2.96. The lowest BCUT2D eigenvalue weighted by molar-refractivity contribution is -0.142. The van der Waals surface area contributed by atoms with Gasteiger partial charge in [-0.15, -0.1) is 0 Å². The monoisotopic (exact) mass is 200 g/mol. The second kappa shape index (κ2) is 4.75. The molecule has 0 spiro atoms. The lowest BCUT2D eigenvalue weighted by Crippen LogP contribution is -2.30. The molecule has 4 heteroatoms. The maximum atomic E-state index is 10.9. The quantitative estimate of drug-likeness (QED) is 0.704. The molecule has 14 heavy (non-hydrogen) atoms. The Balaban J connectivity index is 2.35. The van der Waals surface area contributed by atoms with Crippen LogP contribution in [0.5, 0.6) is 0 Å². The van der Waals surface area contributed by atoms with Crippen molar-refractivity contribution >= 4 is 5.97 Å². The zero-order valence-corrected chi connectivity index (χ0v) is 9.23. The Morgan fingerprint density at radius 3 is 2.57 bits per heavy atom. The third-order valence-corrected chi connectivity index (χ3v) is 2.87. The average molecular weight is 200 g/mol. The largest absolute Gasteiger partial charge is 0.481 e. The summed E-state index contributed by atoms with van der Waals surface area (Å²) in [7, 11) is 4.07. The molecule has 1 saturated heterocycles. The lowest BCUT2D eigenvalue weighted by atomic mass is 9.99. The number of aliphatic carboxylic acids is 1. The summed E-state index contributed by atoms with van der Waals surface area (Å²) in [5, 5.41) is 8.94. The number of carbonyl (C=O) groups is 1. The molecule has 0 aromatic carbocycles. The van der Waals surface area contributed by atoms with Gasteiger partial charge in [-0.25, -0.2) is 0 Å². The minimum Gasteiger partial charge on any atom is -0.481 e. The van der Waals surface area contributed by atoms with E-state index in [1.807, 2.05) is 21.0 Å². The topological polar surface area (TPSA) is 43.8 Å². The molecular formula is C10H20N2O2. The number of hydrogen-bond donors (Lipinski definition) is 1. The molecule has 0 aromatic rings. The average Bonchev–Trinajstić information content (AvgIpc) is 2.43. The number of likely N-dealkylation sites (N-methyl/N-ethyl adjacent to an activating group) is 1. The van der Waals surface area contributed by atoms with Crippen LogP contribution in [0.25, 0.3) is 0 Å². The van der Waals surface area contributed by atoms with E-state index in [1.54, 1.807) is 0 Å². The zero-order chi connectivity index (χ0) is 10.7. The van der Waals surface area contributed by atoms with E-state index < -0.39 is 5.97 Å². The number of nitrogens with zero attached hydrogens (tertiary/aromatic N) is 2. The van der Waals surface area contributed by atoms with E-state index in [2.05, 4.69) is 9.80 Å². The van der Waals surface area contributed by atoms with Gasteiger partial charge in [0.2, 0.25) is 0 Å². The zero-order valence-electron chi connectivity index (χ0n) is 9.23. The molecule has 2 unspecified atom stereocenters. The van der Waals surface area contributed by atoms with E-state index in [-0.39, 0.29) is 11.8 Å². The van der Waals surface area contributed by atoms with Gasteiger partial charge in [0, 0.05) is 26.2 Å². The van der Waals surface area contributed by atoms with Crippen LogP contribution in [-0.2, 0) is 4.79 Å². The molecule has 1 fully saturated rings. The van der Waals surface area contributed by atoms with Crippen LogP contribution in [0.4, 0.5) is 0 Å². The van der Waals surface area contributed by atoms with Crippen LogP contribution in [0.3, 0.4) is 0 Å². The van der Waals surface area contributed by atoms with Crippen molar-refractivity contribution in [3.05, 3.63) is 0 Å². The molecule has 1 aliphatic heterocycles.